The summed E-state index contributed by atoms with van der Waals surface area (Å²) in [5, 5.41) is 0. The number of nitrogens with zero attached hydrogens (tertiary/aromatic N) is 4. The van der Waals surface area contributed by atoms with E-state index in [0.717, 1.165) is 25.1 Å². The molecular weight excluding hydrogens is 324 g/mol. The van der Waals surface area contributed by atoms with Gasteiger partial charge in [-0.25, -0.2) is 9.97 Å². The molecule has 1 aromatic heterocycles. The van der Waals surface area contributed by atoms with Crippen molar-refractivity contribution in [3.05, 3.63) is 18.0 Å². The van der Waals surface area contributed by atoms with Gasteiger partial charge < -0.3 is 24.0 Å². The molecule has 2 aliphatic heterocycles. The van der Waals surface area contributed by atoms with Crippen molar-refractivity contribution < 1.29 is 19.0 Å². The van der Waals surface area contributed by atoms with E-state index in [1.165, 1.54) is 0 Å². The lowest BCUT2D eigenvalue weighted by molar-refractivity contribution is -0.145. The molecule has 0 radical (unpaired) electrons. The van der Waals surface area contributed by atoms with Gasteiger partial charge >= 0.3 is 0 Å². The van der Waals surface area contributed by atoms with Crippen LogP contribution < -0.4 is 4.90 Å². The van der Waals surface area contributed by atoms with Crippen molar-refractivity contribution in [2.45, 2.75) is 25.0 Å². The first-order valence-electron chi connectivity index (χ1n) is 8.72. The van der Waals surface area contributed by atoms with Crippen LogP contribution in [-0.4, -0.2) is 80.5 Å². The Hall–Kier alpha value is -1.77. The van der Waals surface area contributed by atoms with E-state index in [1.54, 1.807) is 11.1 Å². The fourth-order valence-corrected chi connectivity index (χ4v) is 2.96. The number of hydrogen-bond donors (Lipinski definition) is 0. The van der Waals surface area contributed by atoms with Gasteiger partial charge in [-0.15, -0.1) is 0 Å². The molecule has 8 nitrogen and oxygen atoms in total. The minimum absolute atomic E-state index is 0.0202. The Morgan fingerprint density at radius 2 is 2.28 bits per heavy atom. The lowest BCUT2D eigenvalue weighted by Crippen LogP contribution is -2.44. The Bertz CT molecular complexity index is 578. The van der Waals surface area contributed by atoms with Gasteiger partial charge in [-0.2, -0.15) is 0 Å². The summed E-state index contributed by atoms with van der Waals surface area (Å²) in [5.41, 5.74) is 0.788. The molecule has 2 fully saturated rings. The molecule has 2 unspecified atom stereocenters. The molecular formula is C17H26N4O4. The van der Waals surface area contributed by atoms with Gasteiger partial charge in [-0.05, 0) is 18.9 Å². The Morgan fingerprint density at radius 1 is 1.40 bits per heavy atom. The van der Waals surface area contributed by atoms with Gasteiger partial charge in [0, 0.05) is 33.4 Å². The molecule has 0 bridgehead atoms. The number of carbonyl (C=O) groups is 1. The predicted octanol–water partition coefficient (Wildman–Crippen LogP) is 0.638. The summed E-state index contributed by atoms with van der Waals surface area (Å²) < 4.78 is 16.8. The van der Waals surface area contributed by atoms with Crippen LogP contribution in [0, 0.1) is 0 Å². The molecule has 25 heavy (non-hydrogen) atoms. The van der Waals surface area contributed by atoms with E-state index in [4.69, 9.17) is 14.2 Å². The Kier molecular flexibility index (Phi) is 6.17. The Labute approximate surface area is 148 Å². The molecule has 8 heteroatoms. The Morgan fingerprint density at radius 3 is 3.04 bits per heavy atom. The van der Waals surface area contributed by atoms with Crippen LogP contribution in [0.25, 0.3) is 0 Å². The van der Waals surface area contributed by atoms with Crippen LogP contribution in [0.4, 0.5) is 5.95 Å². The summed E-state index contributed by atoms with van der Waals surface area (Å²) in [6.07, 6.45) is 3.69. The second-order valence-electron chi connectivity index (χ2n) is 6.53. The second-order valence-corrected chi connectivity index (χ2v) is 6.53. The average molecular weight is 350 g/mol. The van der Waals surface area contributed by atoms with Crippen LogP contribution in [-0.2, 0) is 19.0 Å². The Balaban J connectivity index is 1.51. The van der Waals surface area contributed by atoms with Crippen LogP contribution in [0.2, 0.25) is 0 Å². The number of amides is 1. The largest absolute Gasteiger partial charge is 0.376 e. The van der Waals surface area contributed by atoms with Gasteiger partial charge in [0.05, 0.1) is 31.6 Å². The van der Waals surface area contributed by atoms with E-state index < -0.39 is 0 Å². The molecule has 0 N–H and O–H groups in total. The van der Waals surface area contributed by atoms with Gasteiger partial charge in [-0.3, -0.25) is 4.79 Å². The van der Waals surface area contributed by atoms with Crippen molar-refractivity contribution in [1.29, 1.82) is 0 Å². The molecule has 2 saturated heterocycles. The first kappa shape index (κ1) is 18.0. The van der Waals surface area contributed by atoms with E-state index in [9.17, 15) is 4.79 Å². The van der Waals surface area contributed by atoms with Gasteiger partial charge in [0.25, 0.3) is 0 Å². The SMILES string of the molecule is CN(C)c1nccc(C2CN(C(=O)COCC3CCCO3)CCO2)n1. The third-order valence-electron chi connectivity index (χ3n) is 4.37. The zero-order valence-electron chi connectivity index (χ0n) is 14.9. The summed E-state index contributed by atoms with van der Waals surface area (Å²) in [4.78, 5) is 24.7. The summed E-state index contributed by atoms with van der Waals surface area (Å²) >= 11 is 0. The molecule has 3 heterocycles. The monoisotopic (exact) mass is 350 g/mol. The average Bonchev–Trinajstić information content (AvgIpc) is 3.15. The molecule has 2 atom stereocenters. The van der Waals surface area contributed by atoms with Crippen molar-refractivity contribution in [3.63, 3.8) is 0 Å². The minimum atomic E-state index is -0.238. The zero-order chi connectivity index (χ0) is 17.6. The first-order valence-corrected chi connectivity index (χ1v) is 8.72. The third kappa shape index (κ3) is 4.87. The van der Waals surface area contributed by atoms with E-state index in [-0.39, 0.29) is 24.7 Å². The maximum absolute atomic E-state index is 12.4. The molecule has 2 aliphatic rings. The van der Waals surface area contributed by atoms with Crippen LogP contribution in [0.1, 0.15) is 24.6 Å². The van der Waals surface area contributed by atoms with E-state index in [0.29, 0.717) is 32.3 Å². The number of morpholine rings is 1. The topological polar surface area (TPSA) is 77.0 Å². The van der Waals surface area contributed by atoms with Crippen LogP contribution in [0.15, 0.2) is 12.3 Å². The second kappa shape index (κ2) is 8.55. The maximum Gasteiger partial charge on any atom is 0.248 e. The lowest BCUT2D eigenvalue weighted by atomic mass is 10.2. The van der Waals surface area contributed by atoms with Crippen molar-refractivity contribution in [2.24, 2.45) is 0 Å². The molecule has 3 rings (SSSR count). The normalized spacial score (nSPS) is 23.7. The molecule has 0 saturated carbocycles. The van der Waals surface area contributed by atoms with Crippen LogP contribution >= 0.6 is 0 Å². The highest BCUT2D eigenvalue weighted by Crippen LogP contribution is 2.21. The predicted molar refractivity (Wildman–Crippen MR) is 91.4 cm³/mol. The first-order chi connectivity index (χ1) is 12.1. The van der Waals surface area contributed by atoms with Crippen molar-refractivity contribution in [2.75, 3.05) is 58.5 Å². The number of aromatic nitrogens is 2. The minimum Gasteiger partial charge on any atom is -0.376 e. The number of rotatable bonds is 6. The summed E-state index contributed by atoms with van der Waals surface area (Å²) in [7, 11) is 3.78. The molecule has 138 valence electrons. The van der Waals surface area contributed by atoms with Gasteiger partial charge in [-0.1, -0.05) is 0 Å². The maximum atomic E-state index is 12.4. The quantitative estimate of drug-likeness (QED) is 0.745. The van der Waals surface area contributed by atoms with E-state index >= 15 is 0 Å². The highest BCUT2D eigenvalue weighted by Gasteiger charge is 2.27. The molecule has 0 aromatic carbocycles. The van der Waals surface area contributed by atoms with E-state index in [1.807, 2.05) is 25.1 Å². The molecule has 0 spiro atoms. The molecule has 1 amide bonds. The van der Waals surface area contributed by atoms with Crippen molar-refractivity contribution in [1.82, 2.24) is 14.9 Å². The fourth-order valence-electron chi connectivity index (χ4n) is 2.96. The van der Waals surface area contributed by atoms with E-state index in [2.05, 4.69) is 9.97 Å². The number of anilines is 1. The molecule has 1 aromatic rings. The number of ether oxygens (including phenoxy) is 3. The highest BCUT2D eigenvalue weighted by atomic mass is 16.5. The molecule has 0 aliphatic carbocycles. The van der Waals surface area contributed by atoms with Gasteiger partial charge in [0.1, 0.15) is 12.7 Å². The van der Waals surface area contributed by atoms with Crippen LogP contribution in [0.3, 0.4) is 0 Å². The van der Waals surface area contributed by atoms with Crippen molar-refractivity contribution in [3.8, 4) is 0 Å². The smallest absolute Gasteiger partial charge is 0.248 e. The summed E-state index contributed by atoms with van der Waals surface area (Å²) in [6, 6.07) is 1.83. The number of carbonyl (C=O) groups excluding carboxylic acids is 1. The third-order valence-corrected chi connectivity index (χ3v) is 4.37. The van der Waals surface area contributed by atoms with Gasteiger partial charge in [0.15, 0.2) is 0 Å². The lowest BCUT2D eigenvalue weighted by Gasteiger charge is -2.32. The fraction of sp³-hybridized carbons (Fsp3) is 0.706. The van der Waals surface area contributed by atoms with Crippen molar-refractivity contribution >= 4 is 11.9 Å². The van der Waals surface area contributed by atoms with Gasteiger partial charge in [0.2, 0.25) is 11.9 Å². The van der Waals surface area contributed by atoms with Crippen LogP contribution in [0.5, 0.6) is 0 Å². The summed E-state index contributed by atoms with van der Waals surface area (Å²) in [5.74, 6) is 0.609. The standard InChI is InChI=1S/C17H26N4O4/c1-20(2)17-18-6-5-14(19-17)15-10-21(7-9-25-15)16(22)12-23-11-13-4-3-8-24-13/h5-6,13,15H,3-4,7-12H2,1-2H3. The number of hydrogen-bond acceptors (Lipinski definition) is 7. The zero-order valence-corrected chi connectivity index (χ0v) is 14.9. The highest BCUT2D eigenvalue weighted by molar-refractivity contribution is 5.77. The summed E-state index contributed by atoms with van der Waals surface area (Å²) in [6.45, 7) is 2.90.